The summed E-state index contributed by atoms with van der Waals surface area (Å²) >= 11 is 5.95. The van der Waals surface area contributed by atoms with Crippen LogP contribution in [0, 0.1) is 11.7 Å². The number of nitrogens with two attached hydrogens (primary N) is 1. The van der Waals surface area contributed by atoms with E-state index in [-0.39, 0.29) is 11.7 Å². The van der Waals surface area contributed by atoms with Crippen molar-refractivity contribution >= 4 is 34.9 Å². The third-order valence-corrected chi connectivity index (χ3v) is 4.03. The first kappa shape index (κ1) is 14.5. The van der Waals surface area contributed by atoms with E-state index in [1.807, 2.05) is 4.90 Å². The molecule has 4 nitrogen and oxygen atoms in total. The van der Waals surface area contributed by atoms with Crippen molar-refractivity contribution in [3.05, 3.63) is 24.0 Å². The number of rotatable bonds is 5. The van der Waals surface area contributed by atoms with Gasteiger partial charge in [-0.2, -0.15) is 4.33 Å². The maximum Gasteiger partial charge on any atom is 0.147 e. The summed E-state index contributed by atoms with van der Waals surface area (Å²) in [7, 11) is 1.40. The smallest absolute Gasteiger partial charge is 0.147 e. The summed E-state index contributed by atoms with van der Waals surface area (Å²) in [6.07, 6.45) is 0.873. The Morgan fingerprint density at radius 3 is 2.95 bits per heavy atom. The van der Waals surface area contributed by atoms with E-state index in [9.17, 15) is 4.39 Å². The van der Waals surface area contributed by atoms with E-state index in [0.717, 1.165) is 25.0 Å². The predicted molar refractivity (Wildman–Crippen MR) is 77.5 cm³/mol. The lowest BCUT2D eigenvalue weighted by atomic mass is 10.1. The molecule has 1 saturated heterocycles. The van der Waals surface area contributed by atoms with Crippen molar-refractivity contribution in [2.75, 3.05) is 25.1 Å². The standard InChI is InChI=1S/C12H15FN2O2S2/c1-16-17-19-9-2-3-11(10(13)6-9)15-5-4-8(7-15)12(14)18/h2-3,6,8H,4-5,7H2,1H3,(H2,14,18)/t8-/m0/s1. The number of anilines is 1. The quantitative estimate of drug-likeness (QED) is 0.390. The minimum atomic E-state index is -0.284. The van der Waals surface area contributed by atoms with Crippen LogP contribution in [0.2, 0.25) is 0 Å². The summed E-state index contributed by atoms with van der Waals surface area (Å²) in [5.74, 6) is -0.117. The summed E-state index contributed by atoms with van der Waals surface area (Å²) in [5.41, 5.74) is 6.20. The number of nitrogens with zero attached hydrogens (tertiary/aromatic N) is 1. The summed E-state index contributed by atoms with van der Waals surface area (Å²) in [6.45, 7) is 1.44. The largest absolute Gasteiger partial charge is 0.393 e. The molecule has 104 valence electrons. The molecule has 0 saturated carbocycles. The molecule has 0 radical (unpaired) electrons. The van der Waals surface area contributed by atoms with Gasteiger partial charge in [-0.05, 0) is 24.6 Å². The van der Waals surface area contributed by atoms with Crippen molar-refractivity contribution in [1.82, 2.24) is 0 Å². The van der Waals surface area contributed by atoms with Gasteiger partial charge >= 0.3 is 0 Å². The molecule has 1 aromatic rings. The lowest BCUT2D eigenvalue weighted by molar-refractivity contribution is -0.160. The fourth-order valence-electron chi connectivity index (χ4n) is 2.08. The zero-order chi connectivity index (χ0) is 13.8. The molecular formula is C12H15FN2O2S2. The number of thiocarbonyl (C=S) groups is 1. The average molecular weight is 302 g/mol. The van der Waals surface area contributed by atoms with Gasteiger partial charge in [0, 0.05) is 23.9 Å². The number of hydrogen-bond acceptors (Lipinski definition) is 5. The second-order valence-electron chi connectivity index (χ2n) is 4.27. The topological polar surface area (TPSA) is 47.7 Å². The Bertz CT molecular complexity index is 473. The first-order chi connectivity index (χ1) is 9.11. The molecular weight excluding hydrogens is 287 g/mol. The number of halogens is 1. The van der Waals surface area contributed by atoms with Gasteiger partial charge in [0.2, 0.25) is 0 Å². The minimum Gasteiger partial charge on any atom is -0.393 e. The summed E-state index contributed by atoms with van der Waals surface area (Å²) in [6, 6.07) is 4.95. The lowest BCUT2D eigenvalue weighted by Gasteiger charge is -2.19. The minimum absolute atomic E-state index is 0.167. The van der Waals surface area contributed by atoms with Gasteiger partial charge in [0.15, 0.2) is 0 Å². The fourth-order valence-corrected chi connectivity index (χ4v) is 2.69. The van der Waals surface area contributed by atoms with Crippen LogP contribution in [0.4, 0.5) is 10.1 Å². The van der Waals surface area contributed by atoms with Crippen LogP contribution < -0.4 is 10.6 Å². The third kappa shape index (κ3) is 3.56. The van der Waals surface area contributed by atoms with E-state index in [1.165, 1.54) is 13.2 Å². The van der Waals surface area contributed by atoms with Crippen LogP contribution in [0.15, 0.2) is 23.1 Å². The predicted octanol–water partition coefficient (Wildman–Crippen LogP) is 2.52. The highest BCUT2D eigenvalue weighted by Crippen LogP contribution is 2.30. The molecule has 1 aliphatic heterocycles. The maximum atomic E-state index is 14.0. The van der Waals surface area contributed by atoms with Gasteiger partial charge in [-0.25, -0.2) is 9.28 Å². The average Bonchev–Trinajstić information content (AvgIpc) is 2.86. The zero-order valence-electron chi connectivity index (χ0n) is 10.5. The van der Waals surface area contributed by atoms with E-state index in [0.29, 0.717) is 22.1 Å². The molecule has 1 aliphatic rings. The Kier molecular flexibility index (Phi) is 4.98. The normalized spacial score (nSPS) is 18.8. The Morgan fingerprint density at radius 2 is 2.37 bits per heavy atom. The van der Waals surface area contributed by atoms with Gasteiger partial charge in [-0.15, -0.1) is 0 Å². The van der Waals surface area contributed by atoms with Crippen molar-refractivity contribution in [2.24, 2.45) is 11.7 Å². The molecule has 0 bridgehead atoms. The highest BCUT2D eigenvalue weighted by Gasteiger charge is 2.26. The first-order valence-corrected chi connectivity index (χ1v) is 6.98. The zero-order valence-corrected chi connectivity index (χ0v) is 12.1. The molecule has 19 heavy (non-hydrogen) atoms. The van der Waals surface area contributed by atoms with Crippen LogP contribution in [0.3, 0.4) is 0 Å². The second kappa shape index (κ2) is 6.51. The Labute approximate surface area is 121 Å². The van der Waals surface area contributed by atoms with Gasteiger partial charge in [0.25, 0.3) is 0 Å². The summed E-state index contributed by atoms with van der Waals surface area (Å²) < 4.78 is 18.7. The molecule has 0 amide bonds. The highest BCUT2D eigenvalue weighted by atomic mass is 32.2. The Hall–Kier alpha value is -0.890. The summed E-state index contributed by atoms with van der Waals surface area (Å²) in [4.78, 5) is 7.57. The first-order valence-electron chi connectivity index (χ1n) is 5.83. The molecule has 1 fully saturated rings. The van der Waals surface area contributed by atoms with Crippen LogP contribution in [-0.2, 0) is 9.22 Å². The van der Waals surface area contributed by atoms with Crippen LogP contribution in [0.5, 0.6) is 0 Å². The van der Waals surface area contributed by atoms with Gasteiger partial charge in [0.1, 0.15) is 5.82 Å². The van der Waals surface area contributed by atoms with Gasteiger partial charge in [-0.3, -0.25) is 0 Å². The number of hydrogen-bond donors (Lipinski definition) is 1. The monoisotopic (exact) mass is 302 g/mol. The van der Waals surface area contributed by atoms with Gasteiger partial charge < -0.3 is 10.6 Å². The maximum absolute atomic E-state index is 14.0. The molecule has 1 heterocycles. The fraction of sp³-hybridized carbons (Fsp3) is 0.417. The van der Waals surface area contributed by atoms with Crippen LogP contribution >= 0.6 is 24.3 Å². The van der Waals surface area contributed by atoms with E-state index < -0.39 is 0 Å². The van der Waals surface area contributed by atoms with Crippen molar-refractivity contribution in [3.8, 4) is 0 Å². The lowest BCUT2D eigenvalue weighted by Crippen LogP contribution is -2.26. The second-order valence-corrected chi connectivity index (χ2v) is 5.51. The Balaban J connectivity index is 2.07. The van der Waals surface area contributed by atoms with Crippen molar-refractivity contribution in [1.29, 1.82) is 0 Å². The Morgan fingerprint density at radius 1 is 1.58 bits per heavy atom. The molecule has 2 N–H and O–H groups in total. The molecule has 1 aromatic carbocycles. The SMILES string of the molecule is COOSc1ccc(N2CC[C@H](C(N)=S)C2)c(F)c1. The van der Waals surface area contributed by atoms with Crippen molar-refractivity contribution in [2.45, 2.75) is 11.3 Å². The number of benzene rings is 1. The molecule has 7 heteroatoms. The molecule has 2 rings (SSSR count). The van der Waals surface area contributed by atoms with Crippen LogP contribution in [0.1, 0.15) is 6.42 Å². The van der Waals surface area contributed by atoms with Gasteiger partial charge in [0.05, 0.1) is 29.8 Å². The molecule has 0 spiro atoms. The highest BCUT2D eigenvalue weighted by molar-refractivity contribution is 7.94. The van der Waals surface area contributed by atoms with Crippen LogP contribution in [-0.4, -0.2) is 25.2 Å². The van der Waals surface area contributed by atoms with E-state index in [4.69, 9.17) is 22.3 Å². The third-order valence-electron chi connectivity index (χ3n) is 3.05. The molecule has 0 unspecified atom stereocenters. The molecule has 0 aliphatic carbocycles. The van der Waals surface area contributed by atoms with E-state index in [1.54, 1.807) is 12.1 Å². The van der Waals surface area contributed by atoms with Crippen molar-refractivity contribution < 1.29 is 13.6 Å². The molecule has 1 atom stereocenters. The van der Waals surface area contributed by atoms with Crippen LogP contribution in [0.25, 0.3) is 0 Å². The van der Waals surface area contributed by atoms with E-state index in [2.05, 4.69) is 4.89 Å². The van der Waals surface area contributed by atoms with E-state index >= 15 is 0 Å². The van der Waals surface area contributed by atoms with Crippen molar-refractivity contribution in [3.63, 3.8) is 0 Å². The van der Waals surface area contributed by atoms with Gasteiger partial charge in [-0.1, -0.05) is 12.2 Å². The summed E-state index contributed by atoms with van der Waals surface area (Å²) in [5, 5.41) is 0. The molecule has 0 aromatic heterocycles.